The van der Waals surface area contributed by atoms with Crippen LogP contribution in [0.25, 0.3) is 0 Å². The lowest BCUT2D eigenvalue weighted by molar-refractivity contribution is 1.04. The number of aromatic nitrogens is 2. The highest BCUT2D eigenvalue weighted by Gasteiger charge is 1.96. The van der Waals surface area contributed by atoms with Crippen molar-refractivity contribution < 1.29 is 0 Å². The summed E-state index contributed by atoms with van der Waals surface area (Å²) >= 11 is 3.36. The number of rotatable bonds is 3. The molecule has 2 heterocycles. The fourth-order valence-corrected chi connectivity index (χ4v) is 1.59. The van der Waals surface area contributed by atoms with Gasteiger partial charge >= 0.3 is 0 Å². The smallest absolute Gasteiger partial charge is 0.0595 e. The zero-order chi connectivity index (χ0) is 11.4. The molecule has 0 bridgehead atoms. The van der Waals surface area contributed by atoms with Gasteiger partial charge in [-0.05, 0) is 46.6 Å². The van der Waals surface area contributed by atoms with Crippen molar-refractivity contribution in [3.8, 4) is 0 Å². The van der Waals surface area contributed by atoms with Gasteiger partial charge in [0, 0.05) is 23.1 Å². The van der Waals surface area contributed by atoms with Crippen molar-refractivity contribution in [2.24, 2.45) is 0 Å². The van der Waals surface area contributed by atoms with Crippen molar-refractivity contribution in [2.75, 3.05) is 5.32 Å². The first-order valence-electron chi connectivity index (χ1n) is 5.00. The van der Waals surface area contributed by atoms with E-state index in [9.17, 15) is 0 Å². The van der Waals surface area contributed by atoms with E-state index >= 15 is 0 Å². The molecule has 2 aromatic rings. The van der Waals surface area contributed by atoms with Crippen molar-refractivity contribution in [3.05, 3.63) is 52.5 Å². The quantitative estimate of drug-likeness (QED) is 0.937. The van der Waals surface area contributed by atoms with Gasteiger partial charge in [-0.1, -0.05) is 0 Å². The highest BCUT2D eigenvalue weighted by molar-refractivity contribution is 9.10. The van der Waals surface area contributed by atoms with Gasteiger partial charge in [0.15, 0.2) is 0 Å². The van der Waals surface area contributed by atoms with Crippen LogP contribution in [0.2, 0.25) is 0 Å². The summed E-state index contributed by atoms with van der Waals surface area (Å²) in [5.74, 6) is 0. The zero-order valence-corrected chi connectivity index (χ0v) is 10.5. The Morgan fingerprint density at radius 3 is 2.81 bits per heavy atom. The number of pyridine rings is 2. The van der Waals surface area contributed by atoms with E-state index in [-0.39, 0.29) is 0 Å². The molecular formula is C12H12BrN3. The van der Waals surface area contributed by atoms with Crippen LogP contribution in [-0.4, -0.2) is 9.97 Å². The molecule has 0 aliphatic heterocycles. The molecule has 0 unspecified atom stereocenters. The van der Waals surface area contributed by atoms with Gasteiger partial charge in [-0.25, -0.2) is 0 Å². The third kappa shape index (κ3) is 3.03. The van der Waals surface area contributed by atoms with E-state index in [0.717, 1.165) is 21.4 Å². The molecule has 2 aromatic heterocycles. The Kier molecular flexibility index (Phi) is 3.51. The topological polar surface area (TPSA) is 37.8 Å². The summed E-state index contributed by atoms with van der Waals surface area (Å²) in [5, 5.41) is 3.28. The Morgan fingerprint density at radius 2 is 2.12 bits per heavy atom. The molecule has 0 aliphatic carbocycles. The molecular weight excluding hydrogens is 266 g/mol. The molecule has 0 fully saturated rings. The Labute approximate surface area is 103 Å². The summed E-state index contributed by atoms with van der Waals surface area (Å²) in [5.41, 5.74) is 3.17. The van der Waals surface area contributed by atoms with Crippen LogP contribution < -0.4 is 5.32 Å². The van der Waals surface area contributed by atoms with Gasteiger partial charge in [-0.2, -0.15) is 0 Å². The van der Waals surface area contributed by atoms with Gasteiger partial charge in [0.2, 0.25) is 0 Å². The SMILES string of the molecule is Cc1cncc(NCc2ccc(Br)cn2)c1. The summed E-state index contributed by atoms with van der Waals surface area (Å²) in [4.78, 5) is 8.41. The van der Waals surface area contributed by atoms with Crippen molar-refractivity contribution in [1.82, 2.24) is 9.97 Å². The number of aryl methyl sites for hydroxylation is 1. The van der Waals surface area contributed by atoms with Crippen LogP contribution in [0.1, 0.15) is 11.3 Å². The minimum Gasteiger partial charge on any atom is -0.378 e. The molecule has 0 amide bonds. The summed E-state index contributed by atoms with van der Waals surface area (Å²) < 4.78 is 0.994. The van der Waals surface area contributed by atoms with Crippen LogP contribution in [0, 0.1) is 6.92 Å². The van der Waals surface area contributed by atoms with E-state index in [2.05, 4.69) is 37.3 Å². The lowest BCUT2D eigenvalue weighted by Gasteiger charge is -2.05. The number of anilines is 1. The van der Waals surface area contributed by atoms with Crippen LogP contribution in [0.4, 0.5) is 5.69 Å². The standard InChI is InChI=1S/C12H12BrN3/c1-9-4-12(7-14-5-9)16-8-11-3-2-10(13)6-15-11/h2-7,16H,8H2,1H3. The molecule has 1 N–H and O–H groups in total. The van der Waals surface area contributed by atoms with Gasteiger partial charge in [0.25, 0.3) is 0 Å². The summed E-state index contributed by atoms with van der Waals surface area (Å²) in [6.07, 6.45) is 5.44. The monoisotopic (exact) mass is 277 g/mol. The Bertz CT molecular complexity index is 468. The van der Waals surface area contributed by atoms with Crippen molar-refractivity contribution >= 4 is 21.6 Å². The number of halogens is 1. The second-order valence-electron chi connectivity index (χ2n) is 3.57. The molecule has 16 heavy (non-hydrogen) atoms. The molecule has 0 spiro atoms. The van der Waals surface area contributed by atoms with Crippen LogP contribution in [0.15, 0.2) is 41.3 Å². The predicted octanol–water partition coefficient (Wildman–Crippen LogP) is 3.16. The average Bonchev–Trinajstić information content (AvgIpc) is 2.28. The van der Waals surface area contributed by atoms with E-state index in [0.29, 0.717) is 6.54 Å². The predicted molar refractivity (Wildman–Crippen MR) is 68.2 cm³/mol. The summed E-state index contributed by atoms with van der Waals surface area (Å²) in [7, 11) is 0. The molecule has 0 aliphatic rings. The Hall–Kier alpha value is -1.42. The molecule has 0 atom stereocenters. The number of nitrogens with zero attached hydrogens (tertiary/aromatic N) is 2. The van der Waals surface area contributed by atoms with E-state index < -0.39 is 0 Å². The molecule has 82 valence electrons. The first-order valence-corrected chi connectivity index (χ1v) is 5.79. The molecule has 0 saturated heterocycles. The van der Waals surface area contributed by atoms with Gasteiger partial charge in [0.1, 0.15) is 0 Å². The van der Waals surface area contributed by atoms with E-state index in [1.165, 1.54) is 0 Å². The molecule has 0 saturated carbocycles. The maximum Gasteiger partial charge on any atom is 0.0595 e. The fourth-order valence-electron chi connectivity index (χ4n) is 1.36. The number of hydrogen-bond acceptors (Lipinski definition) is 3. The maximum atomic E-state index is 4.29. The zero-order valence-electron chi connectivity index (χ0n) is 8.94. The number of nitrogens with one attached hydrogen (secondary N) is 1. The van der Waals surface area contributed by atoms with Crippen LogP contribution >= 0.6 is 15.9 Å². The second kappa shape index (κ2) is 5.07. The van der Waals surface area contributed by atoms with E-state index in [1.807, 2.05) is 31.5 Å². The van der Waals surface area contributed by atoms with Gasteiger partial charge in [-0.15, -0.1) is 0 Å². The minimum absolute atomic E-state index is 0.707. The molecule has 2 rings (SSSR count). The lowest BCUT2D eigenvalue weighted by Crippen LogP contribution is -2.01. The van der Waals surface area contributed by atoms with Gasteiger partial charge in [-0.3, -0.25) is 9.97 Å². The number of hydrogen-bond donors (Lipinski definition) is 1. The highest BCUT2D eigenvalue weighted by Crippen LogP contribution is 2.10. The second-order valence-corrected chi connectivity index (χ2v) is 4.49. The molecule has 4 heteroatoms. The Balaban J connectivity index is 1.99. The lowest BCUT2D eigenvalue weighted by atomic mass is 10.3. The molecule has 0 aromatic carbocycles. The van der Waals surface area contributed by atoms with Crippen LogP contribution in [0.5, 0.6) is 0 Å². The van der Waals surface area contributed by atoms with E-state index in [1.54, 1.807) is 6.20 Å². The molecule has 3 nitrogen and oxygen atoms in total. The maximum absolute atomic E-state index is 4.29. The first-order chi connectivity index (χ1) is 7.74. The third-order valence-corrected chi connectivity index (χ3v) is 2.61. The van der Waals surface area contributed by atoms with Crippen molar-refractivity contribution in [3.63, 3.8) is 0 Å². The van der Waals surface area contributed by atoms with Gasteiger partial charge < -0.3 is 5.32 Å². The fraction of sp³-hybridized carbons (Fsp3) is 0.167. The first kappa shape index (κ1) is 11.1. The third-order valence-electron chi connectivity index (χ3n) is 2.14. The average molecular weight is 278 g/mol. The normalized spacial score (nSPS) is 10.1. The largest absolute Gasteiger partial charge is 0.378 e. The van der Waals surface area contributed by atoms with Crippen LogP contribution in [-0.2, 0) is 6.54 Å². The Morgan fingerprint density at radius 1 is 1.25 bits per heavy atom. The van der Waals surface area contributed by atoms with Crippen LogP contribution in [0.3, 0.4) is 0 Å². The van der Waals surface area contributed by atoms with Gasteiger partial charge in [0.05, 0.1) is 17.9 Å². The van der Waals surface area contributed by atoms with E-state index in [4.69, 9.17) is 0 Å². The minimum atomic E-state index is 0.707. The van der Waals surface area contributed by atoms with Crippen molar-refractivity contribution in [2.45, 2.75) is 13.5 Å². The summed E-state index contributed by atoms with van der Waals surface area (Å²) in [6, 6.07) is 6.03. The summed E-state index contributed by atoms with van der Waals surface area (Å²) in [6.45, 7) is 2.73. The molecule has 0 radical (unpaired) electrons. The van der Waals surface area contributed by atoms with Crippen molar-refractivity contribution in [1.29, 1.82) is 0 Å². The highest BCUT2D eigenvalue weighted by atomic mass is 79.9.